The van der Waals surface area contributed by atoms with Crippen LogP contribution in [0, 0.1) is 20.8 Å². The summed E-state index contributed by atoms with van der Waals surface area (Å²) < 4.78 is 5.84. The molecule has 4 rings (SSSR count). The van der Waals surface area contributed by atoms with E-state index in [2.05, 4.69) is 16.0 Å². The van der Waals surface area contributed by atoms with Gasteiger partial charge in [0.05, 0.1) is 11.9 Å². The molecule has 0 saturated carbocycles. The Hall–Kier alpha value is -4.35. The zero-order valence-corrected chi connectivity index (χ0v) is 26.8. The van der Waals surface area contributed by atoms with E-state index in [-0.39, 0.29) is 30.7 Å². The Balaban J connectivity index is 1.43. The number of amides is 4. The van der Waals surface area contributed by atoms with Crippen molar-refractivity contribution >= 4 is 41.1 Å². The third kappa shape index (κ3) is 9.09. The molecule has 3 aromatic rings. The SMILES string of the molecule is CC(=O)Nc1cc(C)c(OCC(=O)N[C@@H](Cc2ccccc2)[C@H](O)C(=O)N2CSC[C@H]2C(=O)NCc2ccccc2C)c(C)c1. The van der Waals surface area contributed by atoms with Crippen molar-refractivity contribution in [1.29, 1.82) is 0 Å². The summed E-state index contributed by atoms with van der Waals surface area (Å²) in [5.41, 5.74) is 4.95. The van der Waals surface area contributed by atoms with Gasteiger partial charge in [-0.15, -0.1) is 11.8 Å². The van der Waals surface area contributed by atoms with Crippen molar-refractivity contribution < 1.29 is 29.0 Å². The van der Waals surface area contributed by atoms with Crippen molar-refractivity contribution in [3.63, 3.8) is 0 Å². The molecule has 1 saturated heterocycles. The molecule has 1 fully saturated rings. The molecule has 4 amide bonds. The van der Waals surface area contributed by atoms with Crippen molar-refractivity contribution in [2.45, 2.75) is 58.8 Å². The van der Waals surface area contributed by atoms with Gasteiger partial charge in [-0.1, -0.05) is 54.6 Å². The Morgan fingerprint density at radius 3 is 2.31 bits per heavy atom. The number of carbonyl (C=O) groups excluding carboxylic acids is 4. The molecule has 0 bridgehead atoms. The summed E-state index contributed by atoms with van der Waals surface area (Å²) in [7, 11) is 0. The van der Waals surface area contributed by atoms with E-state index in [4.69, 9.17) is 4.74 Å². The molecule has 3 atom stereocenters. The third-order valence-electron chi connectivity index (χ3n) is 7.59. The molecule has 11 heteroatoms. The Morgan fingerprint density at radius 2 is 1.64 bits per heavy atom. The Kier molecular flexibility index (Phi) is 11.6. The fraction of sp³-hybridized carbons (Fsp3) is 0.353. The summed E-state index contributed by atoms with van der Waals surface area (Å²) in [5, 5.41) is 19.8. The van der Waals surface area contributed by atoms with Gasteiger partial charge in [0.2, 0.25) is 11.8 Å². The molecular weight excluding hydrogens is 592 g/mol. The number of thioether (sulfide) groups is 1. The number of aliphatic hydroxyl groups excluding tert-OH is 1. The first kappa shape index (κ1) is 33.5. The van der Waals surface area contributed by atoms with Crippen molar-refractivity contribution in [3.8, 4) is 5.75 Å². The van der Waals surface area contributed by atoms with Crippen LogP contribution in [0.4, 0.5) is 5.69 Å². The fourth-order valence-corrected chi connectivity index (χ4v) is 6.44. The van der Waals surface area contributed by atoms with Crippen LogP contribution < -0.4 is 20.7 Å². The number of rotatable bonds is 12. The van der Waals surface area contributed by atoms with E-state index in [0.717, 1.165) is 27.8 Å². The molecular formula is C34H40N4O6S. The number of aryl methyl sites for hydroxylation is 3. The number of anilines is 1. The lowest BCUT2D eigenvalue weighted by Crippen LogP contribution is -2.56. The van der Waals surface area contributed by atoms with Crippen LogP contribution in [0.3, 0.4) is 0 Å². The van der Waals surface area contributed by atoms with Gasteiger partial charge in [0.1, 0.15) is 11.8 Å². The minimum Gasteiger partial charge on any atom is -0.483 e. The van der Waals surface area contributed by atoms with Gasteiger partial charge in [0.15, 0.2) is 12.7 Å². The second-order valence-electron chi connectivity index (χ2n) is 11.2. The van der Waals surface area contributed by atoms with Crippen LogP contribution in [0.5, 0.6) is 5.75 Å². The van der Waals surface area contributed by atoms with E-state index in [9.17, 15) is 24.3 Å². The monoisotopic (exact) mass is 632 g/mol. The summed E-state index contributed by atoms with van der Waals surface area (Å²) >= 11 is 1.43. The minimum atomic E-state index is -1.60. The second-order valence-corrected chi connectivity index (χ2v) is 12.2. The first-order chi connectivity index (χ1) is 21.5. The number of nitrogens with one attached hydrogen (secondary N) is 3. The standard InChI is InChI=1S/C34H40N4O6S/c1-21-10-8-9-13-26(21)17-35-33(42)29-19-45-20-38(29)34(43)31(41)28(16-25-11-6-5-7-12-25)37-30(40)18-44-32-22(2)14-27(15-23(32)3)36-24(4)39/h5-15,28-29,31,41H,16-20H2,1-4H3,(H,35,42)(H,36,39)(H,37,40)/t28-,29-,31-/m0/s1. The summed E-state index contributed by atoms with van der Waals surface area (Å²) in [6, 6.07) is 18.8. The van der Waals surface area contributed by atoms with Gasteiger partial charge in [-0.3, -0.25) is 19.2 Å². The summed E-state index contributed by atoms with van der Waals surface area (Å²) in [6.45, 7) is 7.00. The highest BCUT2D eigenvalue weighted by molar-refractivity contribution is 7.99. The van der Waals surface area contributed by atoms with Crippen LogP contribution >= 0.6 is 11.8 Å². The lowest BCUT2D eigenvalue weighted by molar-refractivity contribution is -0.146. The number of benzene rings is 3. The predicted molar refractivity (Wildman–Crippen MR) is 175 cm³/mol. The molecule has 1 aliphatic heterocycles. The normalized spacial score (nSPS) is 15.6. The maximum Gasteiger partial charge on any atom is 0.258 e. The summed E-state index contributed by atoms with van der Waals surface area (Å²) in [6.07, 6.45) is -1.41. The smallest absolute Gasteiger partial charge is 0.258 e. The van der Waals surface area contributed by atoms with Gasteiger partial charge in [0, 0.05) is 24.9 Å². The van der Waals surface area contributed by atoms with E-state index in [1.165, 1.54) is 23.6 Å². The van der Waals surface area contributed by atoms with Crippen LogP contribution in [-0.4, -0.2) is 70.1 Å². The average molecular weight is 633 g/mol. The van der Waals surface area contributed by atoms with Crippen molar-refractivity contribution in [1.82, 2.24) is 15.5 Å². The predicted octanol–water partition coefficient (Wildman–Crippen LogP) is 3.26. The van der Waals surface area contributed by atoms with Gasteiger partial charge in [-0.25, -0.2) is 0 Å². The summed E-state index contributed by atoms with van der Waals surface area (Å²) in [4.78, 5) is 52.7. The van der Waals surface area contributed by atoms with E-state index < -0.39 is 30.0 Å². The number of aliphatic hydroxyl groups is 1. The first-order valence-corrected chi connectivity index (χ1v) is 15.9. The lowest BCUT2D eigenvalue weighted by atomic mass is 9.99. The lowest BCUT2D eigenvalue weighted by Gasteiger charge is -2.30. The van der Waals surface area contributed by atoms with E-state index >= 15 is 0 Å². The molecule has 1 aliphatic rings. The van der Waals surface area contributed by atoms with Gasteiger partial charge >= 0.3 is 0 Å². The van der Waals surface area contributed by atoms with Gasteiger partial charge in [0.25, 0.3) is 11.8 Å². The van der Waals surface area contributed by atoms with Gasteiger partial charge in [-0.2, -0.15) is 0 Å². The van der Waals surface area contributed by atoms with Crippen LogP contribution in [0.25, 0.3) is 0 Å². The van der Waals surface area contributed by atoms with Crippen LogP contribution in [0.1, 0.15) is 34.7 Å². The molecule has 45 heavy (non-hydrogen) atoms. The van der Waals surface area contributed by atoms with Crippen LogP contribution in [0.2, 0.25) is 0 Å². The zero-order valence-electron chi connectivity index (χ0n) is 26.0. The topological polar surface area (TPSA) is 137 Å². The average Bonchev–Trinajstić information content (AvgIpc) is 3.49. The maximum atomic E-state index is 13.6. The highest BCUT2D eigenvalue weighted by atomic mass is 32.2. The number of ether oxygens (including phenoxy) is 1. The number of carbonyl (C=O) groups is 4. The maximum absolute atomic E-state index is 13.6. The highest BCUT2D eigenvalue weighted by Gasteiger charge is 2.40. The largest absolute Gasteiger partial charge is 0.483 e. The van der Waals surface area contributed by atoms with Crippen LogP contribution in [-0.2, 0) is 32.1 Å². The van der Waals surface area contributed by atoms with E-state index in [1.807, 2.05) is 75.4 Å². The molecule has 0 radical (unpaired) electrons. The molecule has 0 aliphatic carbocycles. The van der Waals surface area contributed by atoms with Gasteiger partial charge < -0.3 is 30.7 Å². The number of hydrogen-bond donors (Lipinski definition) is 4. The molecule has 238 valence electrons. The molecule has 1 heterocycles. The third-order valence-corrected chi connectivity index (χ3v) is 8.60. The zero-order chi connectivity index (χ0) is 32.5. The van der Waals surface area contributed by atoms with Crippen molar-refractivity contribution in [2.24, 2.45) is 0 Å². The molecule has 4 N–H and O–H groups in total. The molecule has 10 nitrogen and oxygen atoms in total. The highest BCUT2D eigenvalue weighted by Crippen LogP contribution is 2.27. The summed E-state index contributed by atoms with van der Waals surface area (Å²) in [5.74, 6) is -0.475. The van der Waals surface area contributed by atoms with Crippen molar-refractivity contribution in [2.75, 3.05) is 23.6 Å². The first-order valence-electron chi connectivity index (χ1n) is 14.8. The molecule has 0 unspecified atom stereocenters. The Bertz CT molecular complexity index is 1510. The minimum absolute atomic E-state index is 0.189. The quantitative estimate of drug-likeness (QED) is 0.241. The Labute approximate surface area is 267 Å². The fourth-order valence-electron chi connectivity index (χ4n) is 5.28. The Morgan fingerprint density at radius 1 is 0.978 bits per heavy atom. The molecule has 3 aromatic carbocycles. The number of nitrogens with zero attached hydrogens (tertiary/aromatic N) is 1. The van der Waals surface area contributed by atoms with Gasteiger partial charge in [-0.05, 0) is 67.1 Å². The van der Waals surface area contributed by atoms with Crippen molar-refractivity contribution in [3.05, 3.63) is 94.5 Å². The number of hydrogen-bond acceptors (Lipinski definition) is 7. The molecule has 0 spiro atoms. The van der Waals surface area contributed by atoms with E-state index in [0.29, 0.717) is 23.7 Å². The van der Waals surface area contributed by atoms with E-state index in [1.54, 1.807) is 12.1 Å². The van der Waals surface area contributed by atoms with Crippen LogP contribution in [0.15, 0.2) is 66.7 Å². The molecule has 0 aromatic heterocycles. The second kappa shape index (κ2) is 15.6.